The van der Waals surface area contributed by atoms with Gasteiger partial charge >= 0.3 is 5.97 Å². The molecule has 1 aliphatic heterocycles. The number of hydrogen-bond acceptors (Lipinski definition) is 8. The Kier molecular flexibility index (Phi) is 8.84. The second kappa shape index (κ2) is 11.1. The molecule has 1 aliphatic rings. The Labute approximate surface area is 170 Å². The number of hydrogen-bond donors (Lipinski definition) is 2. The average Bonchev–Trinajstić information content (AvgIpc) is 2.67. The highest BCUT2D eigenvalue weighted by Crippen LogP contribution is 2.26. The van der Waals surface area contributed by atoms with Gasteiger partial charge in [0, 0.05) is 20.5 Å². The molecule has 9 heteroatoms. The zero-order valence-corrected chi connectivity index (χ0v) is 17.1. The van der Waals surface area contributed by atoms with Gasteiger partial charge < -0.3 is 34.1 Å². The summed E-state index contributed by atoms with van der Waals surface area (Å²) in [6, 6.07) is 6.47. The van der Waals surface area contributed by atoms with E-state index in [0.717, 1.165) is 11.3 Å². The lowest BCUT2D eigenvalue weighted by atomic mass is 9.96. The van der Waals surface area contributed by atoms with Crippen molar-refractivity contribution < 1.29 is 38.4 Å². The molecule has 2 N–H and O–H groups in total. The molecule has 1 aromatic carbocycles. The zero-order chi connectivity index (χ0) is 21.4. The Bertz CT molecular complexity index is 665. The quantitative estimate of drug-likeness (QED) is 0.573. The molecule has 162 valence electrons. The summed E-state index contributed by atoms with van der Waals surface area (Å²) in [7, 11) is 1.60. The predicted octanol–water partition coefficient (Wildman–Crippen LogP) is 0.771. The van der Waals surface area contributed by atoms with E-state index in [-0.39, 0.29) is 12.5 Å². The molecule has 1 saturated heterocycles. The first-order valence-corrected chi connectivity index (χ1v) is 9.45. The van der Waals surface area contributed by atoms with E-state index < -0.39 is 36.6 Å². The first-order chi connectivity index (χ1) is 13.8. The van der Waals surface area contributed by atoms with Gasteiger partial charge in [-0.1, -0.05) is 12.1 Å². The van der Waals surface area contributed by atoms with Crippen molar-refractivity contribution in [1.29, 1.82) is 0 Å². The van der Waals surface area contributed by atoms with Crippen molar-refractivity contribution in [2.75, 3.05) is 20.3 Å². The number of carbonyl (C=O) groups is 2. The number of carbonyl (C=O) groups excluding carboxylic acids is 2. The van der Waals surface area contributed by atoms with Crippen LogP contribution in [0.1, 0.15) is 26.3 Å². The highest BCUT2D eigenvalue weighted by molar-refractivity contribution is 5.73. The molecule has 1 amide bonds. The topological polar surface area (TPSA) is 113 Å². The van der Waals surface area contributed by atoms with Crippen molar-refractivity contribution in [2.24, 2.45) is 0 Å². The van der Waals surface area contributed by atoms with Gasteiger partial charge in [-0.3, -0.25) is 9.59 Å². The monoisotopic (exact) mass is 411 g/mol. The molecule has 0 aliphatic carbocycles. The summed E-state index contributed by atoms with van der Waals surface area (Å²) in [5, 5.41) is 12.9. The summed E-state index contributed by atoms with van der Waals surface area (Å²) < 4.78 is 27.6. The summed E-state index contributed by atoms with van der Waals surface area (Å²) >= 11 is 0. The predicted molar refractivity (Wildman–Crippen MR) is 102 cm³/mol. The normalized spacial score (nSPS) is 26.6. The first-order valence-electron chi connectivity index (χ1n) is 9.45. The Morgan fingerprint density at radius 3 is 2.41 bits per heavy atom. The van der Waals surface area contributed by atoms with Gasteiger partial charge in [0.25, 0.3) is 0 Å². The number of nitrogens with one attached hydrogen (secondary N) is 1. The van der Waals surface area contributed by atoms with Crippen LogP contribution < -0.4 is 10.1 Å². The van der Waals surface area contributed by atoms with E-state index in [9.17, 15) is 14.7 Å². The van der Waals surface area contributed by atoms with Crippen LogP contribution in [0.2, 0.25) is 0 Å². The number of benzene rings is 1. The van der Waals surface area contributed by atoms with Crippen LogP contribution in [0.15, 0.2) is 24.3 Å². The molecule has 0 spiro atoms. The van der Waals surface area contributed by atoms with Crippen molar-refractivity contribution >= 4 is 11.9 Å². The van der Waals surface area contributed by atoms with Crippen molar-refractivity contribution in [3.8, 4) is 5.75 Å². The molecule has 29 heavy (non-hydrogen) atoms. The number of aliphatic hydroxyl groups excluding tert-OH is 1. The summed E-state index contributed by atoms with van der Waals surface area (Å²) in [6.07, 6.45) is -3.72. The maximum Gasteiger partial charge on any atom is 0.303 e. The molecule has 5 atom stereocenters. The van der Waals surface area contributed by atoms with Crippen LogP contribution in [-0.2, 0) is 35.1 Å². The Morgan fingerprint density at radius 2 is 1.86 bits per heavy atom. The summed E-state index contributed by atoms with van der Waals surface area (Å²) in [6.45, 7) is 5.08. The molecule has 1 heterocycles. The SMILES string of the molecule is CCO[C@H]1C(COCc2ccc(OC)cc2)O[C@@H](O)C(NC(C)=O)[C@H]1OC(C)=O. The molecule has 2 unspecified atom stereocenters. The maximum absolute atomic E-state index is 11.6. The molecule has 9 nitrogen and oxygen atoms in total. The minimum absolute atomic E-state index is 0.0955. The molecule has 2 rings (SSSR count). The van der Waals surface area contributed by atoms with Gasteiger partial charge in [-0.05, 0) is 24.6 Å². The van der Waals surface area contributed by atoms with Gasteiger partial charge in [-0.2, -0.15) is 0 Å². The first kappa shape index (κ1) is 23.1. The molecule has 0 bridgehead atoms. The number of methoxy groups -OCH3 is 1. The number of amides is 1. The van der Waals surface area contributed by atoms with Crippen LogP contribution in [0.4, 0.5) is 0 Å². The van der Waals surface area contributed by atoms with Crippen molar-refractivity contribution in [3.05, 3.63) is 29.8 Å². The maximum atomic E-state index is 11.6. The van der Waals surface area contributed by atoms with Crippen LogP contribution in [0.3, 0.4) is 0 Å². The van der Waals surface area contributed by atoms with Crippen LogP contribution in [0.5, 0.6) is 5.75 Å². The Hall–Kier alpha value is -2.20. The molecule has 1 fully saturated rings. The number of esters is 1. The third kappa shape index (κ3) is 6.67. The fourth-order valence-corrected chi connectivity index (χ4v) is 3.18. The lowest BCUT2D eigenvalue weighted by Crippen LogP contribution is -2.65. The second-order valence-electron chi connectivity index (χ2n) is 6.65. The van der Waals surface area contributed by atoms with Crippen molar-refractivity contribution in [3.63, 3.8) is 0 Å². The highest BCUT2D eigenvalue weighted by Gasteiger charge is 2.48. The van der Waals surface area contributed by atoms with Gasteiger partial charge in [0.05, 0.1) is 20.3 Å². The Balaban J connectivity index is 2.07. The molecular formula is C20H29NO8. The summed E-state index contributed by atoms with van der Waals surface area (Å²) in [5.74, 6) is -0.196. The minimum Gasteiger partial charge on any atom is -0.497 e. The van der Waals surface area contributed by atoms with Crippen molar-refractivity contribution in [1.82, 2.24) is 5.32 Å². The van der Waals surface area contributed by atoms with E-state index in [0.29, 0.717) is 13.2 Å². The van der Waals surface area contributed by atoms with Crippen LogP contribution >= 0.6 is 0 Å². The molecular weight excluding hydrogens is 382 g/mol. The van der Waals surface area contributed by atoms with Crippen LogP contribution in [0, 0.1) is 0 Å². The van der Waals surface area contributed by atoms with E-state index in [2.05, 4.69) is 5.32 Å². The van der Waals surface area contributed by atoms with E-state index in [1.54, 1.807) is 14.0 Å². The summed E-state index contributed by atoms with van der Waals surface area (Å²) in [5.41, 5.74) is 0.933. The molecule has 1 aromatic rings. The minimum atomic E-state index is -1.38. The van der Waals surface area contributed by atoms with Gasteiger partial charge in [0.2, 0.25) is 5.91 Å². The molecule has 0 saturated carbocycles. The van der Waals surface area contributed by atoms with Gasteiger partial charge in [0.1, 0.15) is 24.0 Å². The van der Waals surface area contributed by atoms with E-state index in [1.807, 2.05) is 24.3 Å². The summed E-state index contributed by atoms with van der Waals surface area (Å²) in [4.78, 5) is 23.1. The zero-order valence-electron chi connectivity index (χ0n) is 17.1. The number of rotatable bonds is 9. The lowest BCUT2D eigenvalue weighted by Gasteiger charge is -2.44. The van der Waals surface area contributed by atoms with E-state index in [1.165, 1.54) is 13.8 Å². The van der Waals surface area contributed by atoms with Gasteiger partial charge in [-0.25, -0.2) is 0 Å². The number of ether oxygens (including phenoxy) is 5. The van der Waals surface area contributed by atoms with Crippen LogP contribution in [-0.4, -0.2) is 68.0 Å². The second-order valence-corrected chi connectivity index (χ2v) is 6.65. The van der Waals surface area contributed by atoms with Gasteiger partial charge in [0.15, 0.2) is 12.4 Å². The molecule has 0 aromatic heterocycles. The standard InChI is InChI=1S/C20H29NO8/c1-5-27-18-16(11-26-10-14-6-8-15(25-4)9-7-14)29-20(24)17(21-12(2)22)19(18)28-13(3)23/h6-9,16-20,24H,5,10-11H2,1-4H3,(H,21,22)/t16?,17?,18-,19+,20+/m0/s1. The third-order valence-electron chi connectivity index (χ3n) is 4.41. The largest absolute Gasteiger partial charge is 0.497 e. The third-order valence-corrected chi connectivity index (χ3v) is 4.41. The Morgan fingerprint density at radius 1 is 1.17 bits per heavy atom. The highest BCUT2D eigenvalue weighted by atomic mass is 16.7. The fourth-order valence-electron chi connectivity index (χ4n) is 3.18. The molecule has 0 radical (unpaired) electrons. The fraction of sp³-hybridized carbons (Fsp3) is 0.600. The lowest BCUT2D eigenvalue weighted by molar-refractivity contribution is -0.269. The van der Waals surface area contributed by atoms with E-state index >= 15 is 0 Å². The van der Waals surface area contributed by atoms with Gasteiger partial charge in [-0.15, -0.1) is 0 Å². The van der Waals surface area contributed by atoms with Crippen molar-refractivity contribution in [2.45, 2.75) is 58.0 Å². The smallest absolute Gasteiger partial charge is 0.303 e. The number of aliphatic hydroxyl groups is 1. The average molecular weight is 411 g/mol. The van der Waals surface area contributed by atoms with E-state index in [4.69, 9.17) is 23.7 Å². The van der Waals surface area contributed by atoms with Crippen LogP contribution in [0.25, 0.3) is 0 Å².